The Hall–Kier alpha value is -0.730. The Bertz CT molecular complexity index is 165. The Morgan fingerprint density at radius 1 is 1.29 bits per heavy atom. The van der Waals surface area contributed by atoms with Gasteiger partial charge in [-0.05, 0) is 18.8 Å². The van der Waals surface area contributed by atoms with Gasteiger partial charge in [0.15, 0.2) is 0 Å². The number of urea groups is 1. The van der Waals surface area contributed by atoms with E-state index in [-0.39, 0.29) is 6.03 Å². The van der Waals surface area contributed by atoms with Crippen molar-refractivity contribution in [2.24, 2.45) is 5.92 Å². The van der Waals surface area contributed by atoms with Crippen molar-refractivity contribution in [3.63, 3.8) is 0 Å². The van der Waals surface area contributed by atoms with Crippen LogP contribution in [0.15, 0.2) is 0 Å². The van der Waals surface area contributed by atoms with Crippen molar-refractivity contribution in [2.75, 3.05) is 13.6 Å². The van der Waals surface area contributed by atoms with Crippen LogP contribution in [0.4, 0.5) is 4.79 Å². The van der Waals surface area contributed by atoms with Gasteiger partial charge in [-0.2, -0.15) is 0 Å². The van der Waals surface area contributed by atoms with E-state index < -0.39 is 0 Å². The molecule has 0 fully saturated rings. The zero-order valence-corrected chi connectivity index (χ0v) is 10.1. The minimum absolute atomic E-state index is 0.0485. The van der Waals surface area contributed by atoms with Gasteiger partial charge in [0.1, 0.15) is 0 Å². The minimum Gasteiger partial charge on any atom is -0.341 e. The first-order valence-electron chi connectivity index (χ1n) is 5.55. The predicted molar refractivity (Wildman–Crippen MR) is 60.4 cm³/mol. The van der Waals surface area contributed by atoms with Gasteiger partial charge in [0.2, 0.25) is 0 Å². The average molecular weight is 200 g/mol. The molecule has 0 aromatic rings. The van der Waals surface area contributed by atoms with E-state index in [1.807, 2.05) is 4.90 Å². The van der Waals surface area contributed by atoms with Crippen molar-refractivity contribution in [3.05, 3.63) is 0 Å². The molecule has 0 aliphatic rings. The van der Waals surface area contributed by atoms with Crippen molar-refractivity contribution >= 4 is 6.03 Å². The van der Waals surface area contributed by atoms with E-state index >= 15 is 0 Å². The monoisotopic (exact) mass is 200 g/mol. The summed E-state index contributed by atoms with van der Waals surface area (Å²) in [7, 11) is 1.69. The largest absolute Gasteiger partial charge is 0.341 e. The van der Waals surface area contributed by atoms with Gasteiger partial charge < -0.3 is 10.2 Å². The molecule has 0 heterocycles. The highest BCUT2D eigenvalue weighted by atomic mass is 16.2. The van der Waals surface area contributed by atoms with Crippen LogP contribution < -0.4 is 5.32 Å². The number of nitrogens with one attached hydrogen (secondary N) is 1. The molecule has 3 nitrogen and oxygen atoms in total. The van der Waals surface area contributed by atoms with Gasteiger partial charge in [0, 0.05) is 19.6 Å². The Kier molecular flexibility index (Phi) is 6.34. The van der Waals surface area contributed by atoms with Crippen LogP contribution in [-0.2, 0) is 0 Å². The third-order valence-corrected chi connectivity index (χ3v) is 2.42. The van der Waals surface area contributed by atoms with E-state index in [0.717, 1.165) is 19.4 Å². The Morgan fingerprint density at radius 2 is 1.79 bits per heavy atom. The lowest BCUT2D eigenvalue weighted by Gasteiger charge is -2.31. The smallest absolute Gasteiger partial charge is 0.317 e. The molecule has 0 bridgehead atoms. The molecule has 2 amide bonds. The fraction of sp³-hybridized carbons (Fsp3) is 0.909. The van der Waals surface area contributed by atoms with Gasteiger partial charge in [-0.15, -0.1) is 0 Å². The molecule has 0 aliphatic carbocycles. The number of hydrogen-bond donors (Lipinski definition) is 1. The molecule has 0 unspecified atom stereocenters. The summed E-state index contributed by atoms with van der Waals surface area (Å²) in [5.41, 5.74) is 0. The highest BCUT2D eigenvalue weighted by Gasteiger charge is 2.20. The summed E-state index contributed by atoms with van der Waals surface area (Å²) in [5, 5.41) is 2.71. The molecule has 0 saturated heterocycles. The summed E-state index contributed by atoms with van der Waals surface area (Å²) in [5.74, 6) is 0.521. The molecule has 84 valence electrons. The number of rotatable bonds is 5. The first kappa shape index (κ1) is 13.3. The third kappa shape index (κ3) is 3.99. The average Bonchev–Trinajstić information content (AvgIpc) is 2.16. The van der Waals surface area contributed by atoms with E-state index in [1.165, 1.54) is 0 Å². The van der Waals surface area contributed by atoms with Crippen LogP contribution in [0.1, 0.15) is 40.5 Å². The van der Waals surface area contributed by atoms with Gasteiger partial charge in [0.05, 0.1) is 0 Å². The number of carbonyl (C=O) groups is 1. The zero-order valence-electron chi connectivity index (χ0n) is 10.1. The van der Waals surface area contributed by atoms with Gasteiger partial charge in [-0.25, -0.2) is 4.79 Å². The molecule has 0 radical (unpaired) electrons. The maximum absolute atomic E-state index is 11.6. The molecular formula is C11H24N2O. The number of carbonyl (C=O) groups excluding carboxylic acids is 1. The normalized spacial score (nSPS) is 10.8. The summed E-state index contributed by atoms with van der Waals surface area (Å²) in [6.07, 6.45) is 2.05. The van der Waals surface area contributed by atoms with Crippen LogP contribution >= 0.6 is 0 Å². The lowest BCUT2D eigenvalue weighted by Crippen LogP contribution is -2.46. The first-order valence-corrected chi connectivity index (χ1v) is 5.55. The zero-order chi connectivity index (χ0) is 11.1. The molecule has 1 N–H and O–H groups in total. The van der Waals surface area contributed by atoms with E-state index in [9.17, 15) is 4.79 Å². The minimum atomic E-state index is 0.0485. The highest BCUT2D eigenvalue weighted by Crippen LogP contribution is 2.11. The van der Waals surface area contributed by atoms with E-state index in [1.54, 1.807) is 7.05 Å². The van der Waals surface area contributed by atoms with Gasteiger partial charge in [0.25, 0.3) is 0 Å². The molecule has 3 heteroatoms. The Labute approximate surface area is 87.9 Å². The molecule has 0 atom stereocenters. The van der Waals surface area contributed by atoms with Gasteiger partial charge >= 0.3 is 6.03 Å². The molecule has 0 aromatic carbocycles. The van der Waals surface area contributed by atoms with E-state index in [0.29, 0.717) is 12.0 Å². The molecule has 0 aromatic heterocycles. The van der Waals surface area contributed by atoms with Crippen molar-refractivity contribution in [3.8, 4) is 0 Å². The Balaban J connectivity index is 4.43. The van der Waals surface area contributed by atoms with Crippen LogP contribution in [-0.4, -0.2) is 30.6 Å². The standard InChI is InChI=1S/C11H24N2O/c1-6-10(7-2)13(8-9(3)4)11(14)12-5/h9-10H,6-8H2,1-5H3,(H,12,14). The number of hydrogen-bond acceptors (Lipinski definition) is 1. The van der Waals surface area contributed by atoms with Crippen molar-refractivity contribution in [1.82, 2.24) is 10.2 Å². The molecule has 0 saturated carbocycles. The van der Waals surface area contributed by atoms with Crippen molar-refractivity contribution in [2.45, 2.75) is 46.6 Å². The second-order valence-corrected chi connectivity index (χ2v) is 4.07. The summed E-state index contributed by atoms with van der Waals surface area (Å²) < 4.78 is 0. The van der Waals surface area contributed by atoms with Crippen LogP contribution in [0, 0.1) is 5.92 Å². The first-order chi connectivity index (χ1) is 6.56. The molecular weight excluding hydrogens is 176 g/mol. The maximum Gasteiger partial charge on any atom is 0.317 e. The summed E-state index contributed by atoms with van der Waals surface area (Å²) in [6, 6.07) is 0.421. The SMILES string of the molecule is CCC(CC)N(CC(C)C)C(=O)NC. The van der Waals surface area contributed by atoms with Crippen LogP contribution in [0.3, 0.4) is 0 Å². The van der Waals surface area contributed by atoms with Gasteiger partial charge in [-0.1, -0.05) is 27.7 Å². The maximum atomic E-state index is 11.6. The molecule has 0 rings (SSSR count). The fourth-order valence-corrected chi connectivity index (χ4v) is 1.66. The predicted octanol–water partition coefficient (Wildman–Crippen LogP) is 2.47. The fourth-order valence-electron chi connectivity index (χ4n) is 1.66. The lowest BCUT2D eigenvalue weighted by atomic mass is 10.1. The lowest BCUT2D eigenvalue weighted by molar-refractivity contribution is 0.162. The Morgan fingerprint density at radius 3 is 2.07 bits per heavy atom. The highest BCUT2D eigenvalue weighted by molar-refractivity contribution is 5.74. The van der Waals surface area contributed by atoms with Crippen LogP contribution in [0.2, 0.25) is 0 Å². The second-order valence-electron chi connectivity index (χ2n) is 4.07. The van der Waals surface area contributed by atoms with Crippen LogP contribution in [0.25, 0.3) is 0 Å². The summed E-state index contributed by atoms with van der Waals surface area (Å²) in [6.45, 7) is 9.37. The van der Waals surface area contributed by atoms with E-state index in [4.69, 9.17) is 0 Å². The summed E-state index contributed by atoms with van der Waals surface area (Å²) in [4.78, 5) is 13.6. The third-order valence-electron chi connectivity index (χ3n) is 2.42. The molecule has 0 aliphatic heterocycles. The van der Waals surface area contributed by atoms with Crippen molar-refractivity contribution in [1.29, 1.82) is 0 Å². The summed E-state index contributed by atoms with van der Waals surface area (Å²) >= 11 is 0. The van der Waals surface area contributed by atoms with Crippen LogP contribution in [0.5, 0.6) is 0 Å². The van der Waals surface area contributed by atoms with Gasteiger partial charge in [-0.3, -0.25) is 0 Å². The quantitative estimate of drug-likeness (QED) is 0.726. The number of nitrogens with zero attached hydrogens (tertiary/aromatic N) is 1. The topological polar surface area (TPSA) is 32.3 Å². The second kappa shape index (κ2) is 6.68. The molecule has 14 heavy (non-hydrogen) atoms. The number of amides is 2. The van der Waals surface area contributed by atoms with Crippen molar-refractivity contribution < 1.29 is 4.79 Å². The van der Waals surface area contributed by atoms with E-state index in [2.05, 4.69) is 33.0 Å². The molecule has 0 spiro atoms.